The molecule has 0 aromatic rings. The van der Waals surface area contributed by atoms with Gasteiger partial charge in [-0.1, -0.05) is 29.3 Å². The summed E-state index contributed by atoms with van der Waals surface area (Å²) in [6, 6.07) is 0. The van der Waals surface area contributed by atoms with Crippen molar-refractivity contribution >= 4 is 15.9 Å². The number of rotatable bonds is 2. The molecule has 60 valence electrons. The maximum atomic E-state index is 11.8. The Morgan fingerprint density at radius 2 is 2.00 bits per heavy atom. The molecule has 4 heteroatoms. The smallest absolute Gasteiger partial charge is 0.166 e. The summed E-state index contributed by atoms with van der Waals surface area (Å²) in [5, 5.41) is 0. The Morgan fingerprint density at radius 3 is 2.10 bits per heavy atom. The minimum absolute atomic E-state index is 0.0781. The van der Waals surface area contributed by atoms with Crippen LogP contribution in [-0.2, 0) is 0 Å². The molecule has 0 bridgehead atoms. The van der Waals surface area contributed by atoms with Gasteiger partial charge in [-0.3, -0.25) is 0 Å². The third-order valence-electron chi connectivity index (χ3n) is 1.02. The van der Waals surface area contributed by atoms with Gasteiger partial charge in [0.2, 0.25) is 0 Å². The fourth-order valence-corrected chi connectivity index (χ4v) is 1.02. The Kier molecular flexibility index (Phi) is 4.01. The first-order chi connectivity index (χ1) is 4.52. The van der Waals surface area contributed by atoms with Crippen molar-refractivity contribution in [3.05, 3.63) is 10.6 Å². The zero-order valence-corrected chi connectivity index (χ0v) is 7.09. The number of hydrogen-bond donors (Lipinski definition) is 0. The highest BCUT2D eigenvalue weighted by Gasteiger charge is 2.31. The second-order valence-corrected chi connectivity index (χ2v) is 2.34. The van der Waals surface area contributed by atoms with Gasteiger partial charge < -0.3 is 0 Å². The van der Waals surface area contributed by atoms with Crippen LogP contribution in [0, 0.1) is 0 Å². The number of allylic oxidation sites excluding steroid dienone is 1. The zero-order valence-electron chi connectivity index (χ0n) is 5.50. The lowest BCUT2D eigenvalue weighted by Gasteiger charge is -2.08. The van der Waals surface area contributed by atoms with E-state index in [4.69, 9.17) is 0 Å². The van der Waals surface area contributed by atoms with Gasteiger partial charge in [0, 0.05) is 5.57 Å². The molecule has 0 spiro atoms. The van der Waals surface area contributed by atoms with Crippen molar-refractivity contribution in [2.75, 3.05) is 0 Å². The second kappa shape index (κ2) is 4.01. The molecule has 0 heterocycles. The highest BCUT2D eigenvalue weighted by molar-refractivity contribution is 9.11. The first kappa shape index (κ1) is 10.0. The van der Waals surface area contributed by atoms with Crippen LogP contribution in [0.2, 0.25) is 0 Å². The molecule has 0 aromatic carbocycles. The van der Waals surface area contributed by atoms with E-state index in [2.05, 4.69) is 15.9 Å². The average Bonchev–Trinajstić information content (AvgIpc) is 1.80. The third kappa shape index (κ3) is 3.25. The molecule has 0 N–H and O–H groups in total. The van der Waals surface area contributed by atoms with Crippen molar-refractivity contribution in [1.82, 2.24) is 0 Å². The molecule has 0 aromatic heterocycles. The minimum Gasteiger partial charge on any atom is -0.166 e. The van der Waals surface area contributed by atoms with Gasteiger partial charge in [-0.15, -0.1) is 0 Å². The highest BCUT2D eigenvalue weighted by atomic mass is 79.9. The Labute approximate surface area is 66.2 Å². The quantitative estimate of drug-likeness (QED) is 0.662. The fourth-order valence-electron chi connectivity index (χ4n) is 0.527. The van der Waals surface area contributed by atoms with Gasteiger partial charge in [0.15, 0.2) is 0 Å². The summed E-state index contributed by atoms with van der Waals surface area (Å²) >= 11 is 2.67. The van der Waals surface area contributed by atoms with E-state index in [1.165, 1.54) is 0 Å². The lowest BCUT2D eigenvalue weighted by molar-refractivity contribution is -0.0937. The Hall–Kier alpha value is 0.01000. The van der Waals surface area contributed by atoms with Gasteiger partial charge in [-0.05, 0) is 11.4 Å². The van der Waals surface area contributed by atoms with E-state index in [0.29, 0.717) is 6.42 Å². The minimum atomic E-state index is -4.17. The van der Waals surface area contributed by atoms with Crippen LogP contribution in [0.15, 0.2) is 10.6 Å². The SMILES string of the molecule is CCC/C(=C/Br)C(F)(F)F. The molecule has 0 saturated heterocycles. The number of alkyl halides is 3. The maximum Gasteiger partial charge on any atom is 0.413 e. The van der Waals surface area contributed by atoms with E-state index in [9.17, 15) is 13.2 Å². The van der Waals surface area contributed by atoms with Crippen LogP contribution in [-0.4, -0.2) is 6.18 Å². The lowest BCUT2D eigenvalue weighted by atomic mass is 10.2. The third-order valence-corrected chi connectivity index (χ3v) is 1.57. The molecule has 0 unspecified atom stereocenters. The van der Waals surface area contributed by atoms with Crippen LogP contribution in [0.25, 0.3) is 0 Å². The molecule has 0 aliphatic heterocycles. The molecule has 0 radical (unpaired) electrons. The topological polar surface area (TPSA) is 0 Å². The summed E-state index contributed by atoms with van der Waals surface area (Å²) < 4.78 is 35.4. The number of halogens is 4. The molecule has 0 aliphatic rings. The van der Waals surface area contributed by atoms with Gasteiger partial charge in [-0.25, -0.2) is 0 Å². The fraction of sp³-hybridized carbons (Fsp3) is 0.667. The van der Waals surface area contributed by atoms with Crippen LogP contribution in [0.3, 0.4) is 0 Å². The largest absolute Gasteiger partial charge is 0.413 e. The maximum absolute atomic E-state index is 11.8. The molecular weight excluding hydrogens is 209 g/mol. The van der Waals surface area contributed by atoms with Gasteiger partial charge in [0.25, 0.3) is 0 Å². The Bertz CT molecular complexity index is 125. The molecule has 0 saturated carbocycles. The highest BCUT2D eigenvalue weighted by Crippen LogP contribution is 2.29. The van der Waals surface area contributed by atoms with Crippen LogP contribution < -0.4 is 0 Å². The van der Waals surface area contributed by atoms with Crippen molar-refractivity contribution in [1.29, 1.82) is 0 Å². The van der Waals surface area contributed by atoms with Gasteiger partial charge >= 0.3 is 6.18 Å². The summed E-state index contributed by atoms with van der Waals surface area (Å²) in [6.07, 6.45) is -3.58. The second-order valence-electron chi connectivity index (χ2n) is 1.88. The Balaban J connectivity index is 4.10. The first-order valence-electron chi connectivity index (χ1n) is 2.88. The lowest BCUT2D eigenvalue weighted by Crippen LogP contribution is -2.10. The molecule has 0 fully saturated rings. The molecular formula is C6H8BrF3. The molecule has 0 rings (SSSR count). The van der Waals surface area contributed by atoms with Crippen molar-refractivity contribution in [2.24, 2.45) is 0 Å². The molecule has 0 aliphatic carbocycles. The summed E-state index contributed by atoms with van der Waals surface area (Å²) in [5.41, 5.74) is -0.505. The molecule has 0 atom stereocenters. The summed E-state index contributed by atoms with van der Waals surface area (Å²) in [7, 11) is 0. The van der Waals surface area contributed by atoms with E-state index < -0.39 is 11.7 Å². The summed E-state index contributed by atoms with van der Waals surface area (Å²) in [6.45, 7) is 1.71. The van der Waals surface area contributed by atoms with Crippen molar-refractivity contribution in [3.8, 4) is 0 Å². The zero-order chi connectivity index (χ0) is 8.20. The number of hydrogen-bond acceptors (Lipinski definition) is 0. The predicted molar refractivity (Wildman–Crippen MR) is 38.0 cm³/mol. The predicted octanol–water partition coefficient (Wildman–Crippen LogP) is 3.63. The molecule has 10 heavy (non-hydrogen) atoms. The summed E-state index contributed by atoms with van der Waals surface area (Å²) in [4.78, 5) is 0.941. The standard InChI is InChI=1S/C6H8BrF3/c1-2-3-5(4-7)6(8,9)10/h4H,2-3H2,1H3/b5-4-. The normalized spacial score (nSPS) is 13.9. The van der Waals surface area contributed by atoms with Crippen molar-refractivity contribution in [3.63, 3.8) is 0 Å². The van der Waals surface area contributed by atoms with Crippen molar-refractivity contribution < 1.29 is 13.2 Å². The van der Waals surface area contributed by atoms with E-state index in [1.807, 2.05) is 0 Å². The van der Waals surface area contributed by atoms with Gasteiger partial charge in [0.05, 0.1) is 0 Å². The van der Waals surface area contributed by atoms with Gasteiger partial charge in [0.1, 0.15) is 0 Å². The van der Waals surface area contributed by atoms with Crippen LogP contribution >= 0.6 is 15.9 Å². The average molecular weight is 217 g/mol. The summed E-state index contributed by atoms with van der Waals surface area (Å²) in [5.74, 6) is 0. The van der Waals surface area contributed by atoms with Crippen LogP contribution in [0.5, 0.6) is 0 Å². The van der Waals surface area contributed by atoms with Gasteiger partial charge in [-0.2, -0.15) is 13.2 Å². The molecule has 0 nitrogen and oxygen atoms in total. The molecule has 0 amide bonds. The van der Waals surface area contributed by atoms with E-state index >= 15 is 0 Å². The van der Waals surface area contributed by atoms with Crippen LogP contribution in [0.4, 0.5) is 13.2 Å². The monoisotopic (exact) mass is 216 g/mol. The van der Waals surface area contributed by atoms with Crippen molar-refractivity contribution in [2.45, 2.75) is 25.9 Å². The van der Waals surface area contributed by atoms with E-state index in [-0.39, 0.29) is 6.42 Å². The Morgan fingerprint density at radius 1 is 1.50 bits per heavy atom. The van der Waals surface area contributed by atoms with E-state index in [1.54, 1.807) is 6.92 Å². The first-order valence-corrected chi connectivity index (χ1v) is 3.80. The van der Waals surface area contributed by atoms with E-state index in [0.717, 1.165) is 4.99 Å². The van der Waals surface area contributed by atoms with Crippen LogP contribution in [0.1, 0.15) is 19.8 Å².